The SMILES string of the molecule is Cc1ccc(Nc2nc(Nc3ccccc3)nc(N3CCOCC3)n2)cc1S(=O)(=O)[O-].[Na+]. The van der Waals surface area contributed by atoms with Crippen LogP contribution in [-0.2, 0) is 14.9 Å². The van der Waals surface area contributed by atoms with Gasteiger partial charge in [-0.3, -0.25) is 0 Å². The number of para-hydroxylation sites is 1. The van der Waals surface area contributed by atoms with E-state index in [2.05, 4.69) is 25.6 Å². The second kappa shape index (κ2) is 10.6. The molecule has 10 nitrogen and oxygen atoms in total. The van der Waals surface area contributed by atoms with Gasteiger partial charge in [-0.2, -0.15) is 15.0 Å². The van der Waals surface area contributed by atoms with E-state index in [9.17, 15) is 13.0 Å². The van der Waals surface area contributed by atoms with E-state index in [0.717, 1.165) is 5.69 Å². The van der Waals surface area contributed by atoms with E-state index in [1.165, 1.54) is 6.07 Å². The molecule has 1 aliphatic rings. The van der Waals surface area contributed by atoms with Crippen molar-refractivity contribution in [3.63, 3.8) is 0 Å². The second-order valence-electron chi connectivity index (χ2n) is 6.93. The molecule has 4 rings (SSSR count). The molecule has 2 aromatic carbocycles. The maximum absolute atomic E-state index is 11.5. The number of nitrogens with zero attached hydrogens (tertiary/aromatic N) is 4. The fourth-order valence-corrected chi connectivity index (χ4v) is 3.84. The van der Waals surface area contributed by atoms with Gasteiger partial charge in [-0.25, -0.2) is 8.42 Å². The topological polar surface area (TPSA) is 132 Å². The van der Waals surface area contributed by atoms with Crippen molar-refractivity contribution in [1.82, 2.24) is 15.0 Å². The molecule has 0 aliphatic carbocycles. The Kier molecular flexibility index (Phi) is 8.04. The number of ether oxygens (including phenoxy) is 1. The molecule has 1 aliphatic heterocycles. The van der Waals surface area contributed by atoms with E-state index >= 15 is 0 Å². The van der Waals surface area contributed by atoms with Gasteiger partial charge in [0.15, 0.2) is 0 Å². The van der Waals surface area contributed by atoms with Gasteiger partial charge < -0.3 is 24.8 Å². The Balaban J connectivity index is 0.00000289. The van der Waals surface area contributed by atoms with Crippen LogP contribution in [0.1, 0.15) is 5.56 Å². The third kappa shape index (κ3) is 6.15. The van der Waals surface area contributed by atoms with Crippen LogP contribution in [0.2, 0.25) is 0 Å². The smallest absolute Gasteiger partial charge is 0.744 e. The van der Waals surface area contributed by atoms with Crippen LogP contribution in [0.5, 0.6) is 0 Å². The molecule has 3 aromatic rings. The van der Waals surface area contributed by atoms with Crippen LogP contribution in [0.4, 0.5) is 29.2 Å². The molecule has 0 amide bonds. The third-order valence-electron chi connectivity index (χ3n) is 4.66. The predicted molar refractivity (Wildman–Crippen MR) is 115 cm³/mol. The Hall–Kier alpha value is -2.28. The van der Waals surface area contributed by atoms with E-state index in [-0.39, 0.29) is 40.4 Å². The Labute approximate surface area is 208 Å². The maximum Gasteiger partial charge on any atom is 1.00 e. The molecule has 0 radical (unpaired) electrons. The van der Waals surface area contributed by atoms with E-state index in [1.54, 1.807) is 19.1 Å². The number of anilines is 5. The van der Waals surface area contributed by atoms with E-state index in [4.69, 9.17) is 4.74 Å². The zero-order chi connectivity index (χ0) is 21.8. The van der Waals surface area contributed by atoms with Crippen LogP contribution in [0.25, 0.3) is 0 Å². The summed E-state index contributed by atoms with van der Waals surface area (Å²) in [6, 6.07) is 14.0. The summed E-state index contributed by atoms with van der Waals surface area (Å²) >= 11 is 0. The fraction of sp³-hybridized carbons (Fsp3) is 0.250. The van der Waals surface area contributed by atoms with Crippen LogP contribution >= 0.6 is 0 Å². The first kappa shape index (κ1) is 24.4. The van der Waals surface area contributed by atoms with Gasteiger partial charge in [0, 0.05) is 24.5 Å². The van der Waals surface area contributed by atoms with Gasteiger partial charge >= 0.3 is 29.6 Å². The first-order chi connectivity index (χ1) is 14.9. The molecule has 0 spiro atoms. The standard InChI is InChI=1S/C20H22N6O4S.Na/c1-14-7-8-16(13-17(14)31(27,28)29)22-19-23-18(21-15-5-3-2-4-6-15)24-20(25-19)26-9-11-30-12-10-26;/h2-8,13H,9-12H2,1H3,(H,27,28,29)(H2,21,22,23,24,25);/q;+1/p-1. The summed E-state index contributed by atoms with van der Waals surface area (Å²) in [6.45, 7) is 3.97. The van der Waals surface area contributed by atoms with Crippen LogP contribution in [0, 0.1) is 6.92 Å². The van der Waals surface area contributed by atoms with Crippen molar-refractivity contribution in [3.05, 3.63) is 54.1 Å². The summed E-state index contributed by atoms with van der Waals surface area (Å²) < 4.78 is 40.0. The first-order valence-corrected chi connectivity index (χ1v) is 11.0. The van der Waals surface area contributed by atoms with Crippen molar-refractivity contribution in [3.8, 4) is 0 Å². The van der Waals surface area contributed by atoms with E-state index in [0.29, 0.717) is 49.5 Å². The minimum atomic E-state index is -4.60. The minimum Gasteiger partial charge on any atom is -0.744 e. The Morgan fingerprint density at radius 2 is 1.56 bits per heavy atom. The minimum absolute atomic E-state index is 0. The molecule has 2 N–H and O–H groups in total. The molecule has 32 heavy (non-hydrogen) atoms. The van der Waals surface area contributed by atoms with Gasteiger partial charge in [0.25, 0.3) is 0 Å². The zero-order valence-corrected chi connectivity index (χ0v) is 20.6. The molecule has 1 aromatic heterocycles. The second-order valence-corrected chi connectivity index (χ2v) is 8.28. The normalized spacial score (nSPS) is 13.9. The predicted octanol–water partition coefficient (Wildman–Crippen LogP) is -0.588. The average molecular weight is 464 g/mol. The Morgan fingerprint density at radius 3 is 2.19 bits per heavy atom. The molecule has 1 saturated heterocycles. The molecule has 162 valence electrons. The van der Waals surface area contributed by atoms with Crippen LogP contribution in [-0.4, -0.2) is 54.2 Å². The number of aryl methyl sites for hydroxylation is 1. The quantitative estimate of drug-likeness (QED) is 0.360. The summed E-state index contributed by atoms with van der Waals surface area (Å²) in [5, 5.41) is 6.13. The van der Waals surface area contributed by atoms with Crippen molar-refractivity contribution >= 4 is 39.3 Å². The number of rotatable bonds is 6. The monoisotopic (exact) mass is 464 g/mol. The average Bonchev–Trinajstić information content (AvgIpc) is 2.75. The van der Waals surface area contributed by atoms with Gasteiger partial charge in [-0.05, 0) is 36.8 Å². The van der Waals surface area contributed by atoms with Gasteiger partial charge in [0.1, 0.15) is 10.1 Å². The number of aromatic nitrogens is 3. The molecule has 0 unspecified atom stereocenters. The molecule has 2 heterocycles. The Bertz CT molecular complexity index is 1170. The number of hydrogen-bond acceptors (Lipinski definition) is 10. The van der Waals surface area contributed by atoms with E-state index in [1.807, 2.05) is 35.2 Å². The van der Waals surface area contributed by atoms with Gasteiger partial charge in [-0.15, -0.1) is 0 Å². The van der Waals surface area contributed by atoms with Gasteiger partial charge in [0.05, 0.1) is 18.1 Å². The summed E-state index contributed by atoms with van der Waals surface area (Å²) in [4.78, 5) is 15.1. The van der Waals surface area contributed by atoms with Crippen molar-refractivity contribution in [2.75, 3.05) is 41.8 Å². The van der Waals surface area contributed by atoms with Crippen molar-refractivity contribution in [1.29, 1.82) is 0 Å². The number of hydrogen-bond donors (Lipinski definition) is 2. The third-order valence-corrected chi connectivity index (χ3v) is 5.64. The van der Waals surface area contributed by atoms with Crippen molar-refractivity contribution in [2.45, 2.75) is 11.8 Å². The molecular formula is C20H21N6NaO4S. The number of morpholine rings is 1. The van der Waals surface area contributed by atoms with Crippen LogP contribution in [0.3, 0.4) is 0 Å². The number of benzene rings is 2. The molecule has 12 heteroatoms. The van der Waals surface area contributed by atoms with Gasteiger partial charge in [0.2, 0.25) is 17.8 Å². The van der Waals surface area contributed by atoms with Crippen LogP contribution < -0.4 is 45.1 Å². The maximum atomic E-state index is 11.5. The molecule has 0 bridgehead atoms. The first-order valence-electron chi connectivity index (χ1n) is 9.63. The van der Waals surface area contributed by atoms with Crippen molar-refractivity contribution in [2.24, 2.45) is 0 Å². The summed E-state index contributed by atoms with van der Waals surface area (Å²) in [6.07, 6.45) is 0. The largest absolute Gasteiger partial charge is 1.00 e. The summed E-state index contributed by atoms with van der Waals surface area (Å²) in [5.74, 6) is 1.00. The molecule has 1 fully saturated rings. The summed E-state index contributed by atoms with van der Waals surface area (Å²) in [7, 11) is -4.60. The molecule has 0 saturated carbocycles. The van der Waals surface area contributed by atoms with Crippen molar-refractivity contribution < 1.29 is 47.3 Å². The fourth-order valence-electron chi connectivity index (χ4n) is 3.11. The number of nitrogens with one attached hydrogen (secondary N) is 2. The molecular weight excluding hydrogens is 443 g/mol. The summed E-state index contributed by atoms with van der Waals surface area (Å²) in [5.41, 5.74) is 1.56. The molecule has 0 atom stereocenters. The Morgan fingerprint density at radius 1 is 0.938 bits per heavy atom. The zero-order valence-electron chi connectivity index (χ0n) is 17.8. The van der Waals surface area contributed by atoms with Gasteiger partial charge in [-0.1, -0.05) is 24.3 Å². The van der Waals surface area contributed by atoms with E-state index < -0.39 is 10.1 Å². The van der Waals surface area contributed by atoms with Crippen LogP contribution in [0.15, 0.2) is 53.4 Å².